The zero-order valence-corrected chi connectivity index (χ0v) is 8.55. The number of carbonyl (C=O) groups excluding carboxylic acids is 1. The van der Waals surface area contributed by atoms with Crippen LogP contribution in [0.2, 0.25) is 0 Å². The lowest BCUT2D eigenvalue weighted by Gasteiger charge is -1.98. The Kier molecular flexibility index (Phi) is 2.09. The Morgan fingerprint density at radius 2 is 2.38 bits per heavy atom. The number of hydrogen-bond acceptors (Lipinski definition) is 5. The molecule has 16 heavy (non-hydrogen) atoms. The maximum atomic E-state index is 11.5. The summed E-state index contributed by atoms with van der Waals surface area (Å²) in [6.45, 7) is 0. The van der Waals surface area contributed by atoms with E-state index < -0.39 is 0 Å². The topological polar surface area (TPSA) is 69.1 Å². The summed E-state index contributed by atoms with van der Waals surface area (Å²) in [5.41, 5.74) is 0.764. The van der Waals surface area contributed by atoms with Crippen molar-refractivity contribution in [3.8, 4) is 11.4 Å². The molecule has 0 saturated heterocycles. The quantitative estimate of drug-likeness (QED) is 0.772. The van der Waals surface area contributed by atoms with Crippen molar-refractivity contribution in [3.63, 3.8) is 0 Å². The van der Waals surface area contributed by atoms with Crippen molar-refractivity contribution >= 4 is 5.78 Å². The van der Waals surface area contributed by atoms with Crippen molar-refractivity contribution in [3.05, 3.63) is 24.5 Å². The molecule has 0 aromatic carbocycles. The monoisotopic (exact) mass is 218 g/mol. The average molecular weight is 218 g/mol. The summed E-state index contributed by atoms with van der Waals surface area (Å²) in [6, 6.07) is 1.76. The van der Waals surface area contributed by atoms with Crippen molar-refractivity contribution in [2.24, 2.45) is 0 Å². The van der Waals surface area contributed by atoms with Crippen LogP contribution in [0.4, 0.5) is 0 Å². The normalized spacial score (nSPS) is 20.5. The molecule has 1 aliphatic rings. The fraction of sp³-hybridized carbons (Fsp3) is 0.364. The molecule has 3 rings (SSSR count). The summed E-state index contributed by atoms with van der Waals surface area (Å²) in [6.07, 6.45) is 5.43. The van der Waals surface area contributed by atoms with Gasteiger partial charge in [-0.2, -0.15) is 4.98 Å². The van der Waals surface area contributed by atoms with Crippen molar-refractivity contribution < 1.29 is 13.7 Å². The molecule has 1 saturated carbocycles. The van der Waals surface area contributed by atoms with E-state index in [2.05, 4.69) is 10.1 Å². The predicted molar refractivity (Wildman–Crippen MR) is 53.6 cm³/mol. The Hall–Kier alpha value is -1.91. The SMILES string of the molecule is O=C1CCCC1c1nc(-c2ccoc2)no1. The minimum Gasteiger partial charge on any atom is -0.472 e. The van der Waals surface area contributed by atoms with Gasteiger partial charge in [0.25, 0.3) is 0 Å². The highest BCUT2D eigenvalue weighted by atomic mass is 16.5. The second kappa shape index (κ2) is 3.59. The van der Waals surface area contributed by atoms with Crippen molar-refractivity contribution in [2.45, 2.75) is 25.2 Å². The molecule has 0 N–H and O–H groups in total. The van der Waals surface area contributed by atoms with Gasteiger partial charge in [0, 0.05) is 6.42 Å². The summed E-state index contributed by atoms with van der Waals surface area (Å²) < 4.78 is 10.1. The van der Waals surface area contributed by atoms with Gasteiger partial charge in [0.15, 0.2) is 0 Å². The van der Waals surface area contributed by atoms with E-state index in [0.29, 0.717) is 18.1 Å². The van der Waals surface area contributed by atoms with E-state index in [-0.39, 0.29) is 11.7 Å². The first-order valence-corrected chi connectivity index (χ1v) is 5.23. The lowest BCUT2D eigenvalue weighted by atomic mass is 10.1. The summed E-state index contributed by atoms with van der Waals surface area (Å²) in [4.78, 5) is 15.8. The van der Waals surface area contributed by atoms with Crippen molar-refractivity contribution in [2.75, 3.05) is 0 Å². The largest absolute Gasteiger partial charge is 0.472 e. The summed E-state index contributed by atoms with van der Waals surface area (Å²) in [5.74, 6) is 0.901. The zero-order valence-electron chi connectivity index (χ0n) is 8.55. The Morgan fingerprint density at radius 3 is 3.06 bits per heavy atom. The number of hydrogen-bond donors (Lipinski definition) is 0. The smallest absolute Gasteiger partial charge is 0.237 e. The molecule has 1 unspecified atom stereocenters. The van der Waals surface area contributed by atoms with Gasteiger partial charge in [0.05, 0.1) is 17.7 Å². The lowest BCUT2D eigenvalue weighted by Crippen LogP contribution is -2.04. The fourth-order valence-corrected chi connectivity index (χ4v) is 1.96. The summed E-state index contributed by atoms with van der Waals surface area (Å²) in [7, 11) is 0. The second-order valence-corrected chi connectivity index (χ2v) is 3.88. The molecule has 82 valence electrons. The minimum atomic E-state index is -0.201. The summed E-state index contributed by atoms with van der Waals surface area (Å²) >= 11 is 0. The van der Waals surface area contributed by atoms with Gasteiger partial charge in [0.2, 0.25) is 11.7 Å². The number of ketones is 1. The third-order valence-electron chi connectivity index (χ3n) is 2.82. The molecular weight excluding hydrogens is 208 g/mol. The highest BCUT2D eigenvalue weighted by molar-refractivity contribution is 5.86. The summed E-state index contributed by atoms with van der Waals surface area (Å²) in [5, 5.41) is 3.84. The highest BCUT2D eigenvalue weighted by Crippen LogP contribution is 2.31. The third kappa shape index (κ3) is 1.44. The molecule has 0 spiro atoms. The molecule has 2 heterocycles. The average Bonchev–Trinajstić information content (AvgIpc) is 2.96. The minimum absolute atomic E-state index is 0.197. The van der Waals surface area contributed by atoms with Crippen LogP contribution in [0.3, 0.4) is 0 Å². The first kappa shape index (κ1) is 9.33. The van der Waals surface area contributed by atoms with Crippen LogP contribution in [-0.4, -0.2) is 15.9 Å². The van der Waals surface area contributed by atoms with E-state index in [0.717, 1.165) is 18.4 Å². The first-order chi connectivity index (χ1) is 7.84. The molecule has 1 fully saturated rings. The molecule has 1 aliphatic carbocycles. The van der Waals surface area contributed by atoms with Gasteiger partial charge in [-0.3, -0.25) is 4.79 Å². The van der Waals surface area contributed by atoms with Crippen LogP contribution in [0.25, 0.3) is 11.4 Å². The van der Waals surface area contributed by atoms with Crippen LogP contribution in [-0.2, 0) is 4.79 Å². The van der Waals surface area contributed by atoms with Gasteiger partial charge < -0.3 is 8.94 Å². The van der Waals surface area contributed by atoms with Crippen LogP contribution in [0, 0.1) is 0 Å². The molecule has 0 aliphatic heterocycles. The molecule has 0 bridgehead atoms. The van der Waals surface area contributed by atoms with E-state index in [1.807, 2.05) is 0 Å². The highest BCUT2D eigenvalue weighted by Gasteiger charge is 2.31. The van der Waals surface area contributed by atoms with Crippen LogP contribution in [0.1, 0.15) is 31.1 Å². The molecule has 2 aromatic heterocycles. The van der Waals surface area contributed by atoms with Crippen LogP contribution < -0.4 is 0 Å². The Bertz CT molecular complexity index is 501. The number of furan rings is 1. The molecule has 2 aromatic rings. The number of Topliss-reactive ketones (excluding diaryl/α,β-unsaturated/α-hetero) is 1. The standard InChI is InChI=1S/C11H10N2O3/c14-9-3-1-2-8(9)11-12-10(13-16-11)7-4-5-15-6-7/h4-6,8H,1-3H2. The van der Waals surface area contributed by atoms with Crippen LogP contribution >= 0.6 is 0 Å². The number of aromatic nitrogens is 2. The van der Waals surface area contributed by atoms with Gasteiger partial charge in [0.1, 0.15) is 12.0 Å². The van der Waals surface area contributed by atoms with Gasteiger partial charge in [-0.1, -0.05) is 5.16 Å². The van der Waals surface area contributed by atoms with Gasteiger partial charge in [-0.25, -0.2) is 0 Å². The molecule has 1 atom stereocenters. The van der Waals surface area contributed by atoms with Crippen LogP contribution in [0.5, 0.6) is 0 Å². The second-order valence-electron chi connectivity index (χ2n) is 3.88. The molecular formula is C11H10N2O3. The van der Waals surface area contributed by atoms with E-state index in [1.54, 1.807) is 18.6 Å². The van der Waals surface area contributed by atoms with Gasteiger partial charge in [-0.05, 0) is 18.9 Å². The van der Waals surface area contributed by atoms with Gasteiger partial charge in [-0.15, -0.1) is 0 Å². The Labute approximate surface area is 91.4 Å². The van der Waals surface area contributed by atoms with E-state index >= 15 is 0 Å². The fourth-order valence-electron chi connectivity index (χ4n) is 1.96. The number of rotatable bonds is 2. The first-order valence-electron chi connectivity index (χ1n) is 5.23. The molecule has 5 heteroatoms. The predicted octanol–water partition coefficient (Wildman–Crippen LogP) is 2.17. The maximum Gasteiger partial charge on any atom is 0.237 e. The lowest BCUT2D eigenvalue weighted by molar-refractivity contribution is -0.119. The maximum absolute atomic E-state index is 11.5. The third-order valence-corrected chi connectivity index (χ3v) is 2.82. The number of nitrogens with zero attached hydrogens (tertiary/aromatic N) is 2. The zero-order chi connectivity index (χ0) is 11.0. The molecule has 0 amide bonds. The van der Waals surface area contributed by atoms with Crippen molar-refractivity contribution in [1.82, 2.24) is 10.1 Å². The van der Waals surface area contributed by atoms with E-state index in [4.69, 9.17) is 8.94 Å². The van der Waals surface area contributed by atoms with Crippen LogP contribution in [0.15, 0.2) is 27.5 Å². The Morgan fingerprint density at radius 1 is 1.44 bits per heavy atom. The van der Waals surface area contributed by atoms with Crippen molar-refractivity contribution in [1.29, 1.82) is 0 Å². The number of carbonyl (C=O) groups is 1. The van der Waals surface area contributed by atoms with Gasteiger partial charge >= 0.3 is 0 Å². The molecule has 5 nitrogen and oxygen atoms in total. The molecule has 0 radical (unpaired) electrons. The van der Waals surface area contributed by atoms with E-state index in [1.165, 1.54) is 0 Å². The Balaban J connectivity index is 1.91. The van der Waals surface area contributed by atoms with E-state index in [9.17, 15) is 4.79 Å².